The molecule has 1 fully saturated rings. The molecule has 0 radical (unpaired) electrons. The first-order chi connectivity index (χ1) is 13.7. The molecule has 1 N–H and O–H groups in total. The number of anilines is 2. The molecule has 1 aliphatic rings. The Morgan fingerprint density at radius 1 is 1.03 bits per heavy atom. The van der Waals surface area contributed by atoms with Crippen molar-refractivity contribution in [2.75, 3.05) is 37.4 Å². The Labute approximate surface area is 173 Å². The number of hydrogen-bond acceptors (Lipinski definition) is 4. The molecule has 156 valence electrons. The van der Waals surface area contributed by atoms with E-state index in [9.17, 15) is 13.2 Å². The topological polar surface area (TPSA) is 69.7 Å². The lowest BCUT2D eigenvalue weighted by Crippen LogP contribution is -2.42. The number of sulfonamides is 1. The monoisotopic (exact) mass is 415 g/mol. The number of rotatable bonds is 5. The SMILES string of the molecule is CC1CC(C)CN(S(=O)(=O)c2ccc(NC(=O)c3cccc(N(C)C)c3)cc2)C1. The maximum absolute atomic E-state index is 13.0. The van der Waals surface area contributed by atoms with Crippen molar-refractivity contribution >= 4 is 27.3 Å². The van der Waals surface area contributed by atoms with Crippen LogP contribution < -0.4 is 10.2 Å². The first kappa shape index (κ1) is 21.3. The summed E-state index contributed by atoms with van der Waals surface area (Å²) in [6.45, 7) is 5.27. The summed E-state index contributed by atoms with van der Waals surface area (Å²) in [5.41, 5.74) is 2.04. The van der Waals surface area contributed by atoms with Crippen LogP contribution in [-0.2, 0) is 10.0 Å². The van der Waals surface area contributed by atoms with Gasteiger partial charge in [-0.05, 0) is 60.7 Å². The average Bonchev–Trinajstić information content (AvgIpc) is 2.67. The number of carbonyl (C=O) groups is 1. The molecule has 0 bridgehead atoms. The molecule has 2 aromatic carbocycles. The van der Waals surface area contributed by atoms with Crippen LogP contribution in [0.1, 0.15) is 30.6 Å². The van der Waals surface area contributed by atoms with Crippen molar-refractivity contribution < 1.29 is 13.2 Å². The minimum Gasteiger partial charge on any atom is -0.378 e. The van der Waals surface area contributed by atoms with E-state index in [-0.39, 0.29) is 10.8 Å². The van der Waals surface area contributed by atoms with Gasteiger partial charge < -0.3 is 10.2 Å². The van der Waals surface area contributed by atoms with E-state index in [2.05, 4.69) is 19.2 Å². The van der Waals surface area contributed by atoms with Crippen molar-refractivity contribution in [3.05, 3.63) is 54.1 Å². The standard InChI is InChI=1S/C22H29N3O3S/c1-16-12-17(2)15-25(14-16)29(27,28)21-10-8-19(9-11-21)23-22(26)18-6-5-7-20(13-18)24(3)4/h5-11,13,16-17H,12,14-15H2,1-4H3,(H,23,26). The lowest BCUT2D eigenvalue weighted by molar-refractivity contribution is 0.102. The molecule has 1 amide bonds. The van der Waals surface area contributed by atoms with Gasteiger partial charge in [-0.3, -0.25) is 4.79 Å². The van der Waals surface area contributed by atoms with Gasteiger partial charge in [-0.1, -0.05) is 19.9 Å². The molecule has 6 nitrogen and oxygen atoms in total. The highest BCUT2D eigenvalue weighted by molar-refractivity contribution is 7.89. The lowest BCUT2D eigenvalue weighted by atomic mass is 9.94. The van der Waals surface area contributed by atoms with Crippen molar-refractivity contribution in [3.8, 4) is 0 Å². The highest BCUT2D eigenvalue weighted by atomic mass is 32.2. The molecule has 29 heavy (non-hydrogen) atoms. The van der Waals surface area contributed by atoms with Crippen LogP contribution in [0.4, 0.5) is 11.4 Å². The third-order valence-corrected chi connectivity index (χ3v) is 7.06. The fourth-order valence-electron chi connectivity index (χ4n) is 3.79. The summed E-state index contributed by atoms with van der Waals surface area (Å²) in [6, 6.07) is 13.7. The van der Waals surface area contributed by atoms with E-state index < -0.39 is 10.0 Å². The third kappa shape index (κ3) is 4.97. The van der Waals surface area contributed by atoms with E-state index in [1.165, 1.54) is 0 Å². The average molecular weight is 416 g/mol. The van der Waals surface area contributed by atoms with Gasteiger partial charge in [0.2, 0.25) is 10.0 Å². The van der Waals surface area contributed by atoms with Crippen LogP contribution in [-0.4, -0.2) is 45.8 Å². The molecule has 0 aromatic heterocycles. The highest BCUT2D eigenvalue weighted by Gasteiger charge is 2.31. The molecule has 2 unspecified atom stereocenters. The van der Waals surface area contributed by atoms with Crippen molar-refractivity contribution in [2.45, 2.75) is 25.2 Å². The molecule has 0 aliphatic carbocycles. The molecule has 2 aromatic rings. The second-order valence-corrected chi connectivity index (χ2v) is 10.1. The van der Waals surface area contributed by atoms with Crippen LogP contribution >= 0.6 is 0 Å². The van der Waals surface area contributed by atoms with Gasteiger partial charge in [0.05, 0.1) is 4.90 Å². The molecule has 0 saturated carbocycles. The Kier molecular flexibility index (Phi) is 6.29. The van der Waals surface area contributed by atoms with Gasteiger partial charge in [0, 0.05) is 44.1 Å². The fourth-order valence-corrected chi connectivity index (χ4v) is 5.47. The number of benzene rings is 2. The fraction of sp³-hybridized carbons (Fsp3) is 0.409. The second-order valence-electron chi connectivity index (χ2n) is 8.19. The normalized spacial score (nSPS) is 20.3. The first-order valence-electron chi connectivity index (χ1n) is 9.86. The van der Waals surface area contributed by atoms with Crippen molar-refractivity contribution in [2.24, 2.45) is 11.8 Å². The van der Waals surface area contributed by atoms with Crippen LogP contribution in [0.25, 0.3) is 0 Å². The molecule has 1 saturated heterocycles. The Morgan fingerprint density at radius 2 is 1.66 bits per heavy atom. The Balaban J connectivity index is 1.73. The van der Waals surface area contributed by atoms with E-state index in [0.717, 1.165) is 12.1 Å². The van der Waals surface area contributed by atoms with E-state index >= 15 is 0 Å². The Hall–Kier alpha value is -2.38. The zero-order valence-corrected chi connectivity index (χ0v) is 18.2. The smallest absolute Gasteiger partial charge is 0.255 e. The molecular formula is C22H29N3O3S. The first-order valence-corrected chi connectivity index (χ1v) is 11.3. The van der Waals surface area contributed by atoms with Crippen molar-refractivity contribution in [1.29, 1.82) is 0 Å². The predicted molar refractivity (Wildman–Crippen MR) is 117 cm³/mol. The van der Waals surface area contributed by atoms with Crippen molar-refractivity contribution in [3.63, 3.8) is 0 Å². The summed E-state index contributed by atoms with van der Waals surface area (Å²) in [5, 5.41) is 2.83. The summed E-state index contributed by atoms with van der Waals surface area (Å²) in [7, 11) is 0.308. The molecule has 0 spiro atoms. The summed E-state index contributed by atoms with van der Waals surface area (Å²) < 4.78 is 27.5. The van der Waals surface area contributed by atoms with Crippen molar-refractivity contribution in [1.82, 2.24) is 4.31 Å². The predicted octanol–water partition coefficient (Wildman–Crippen LogP) is 3.67. The zero-order chi connectivity index (χ0) is 21.2. The number of carbonyl (C=O) groups excluding carboxylic acids is 1. The quantitative estimate of drug-likeness (QED) is 0.809. The van der Waals surface area contributed by atoms with Gasteiger partial charge in [0.25, 0.3) is 5.91 Å². The van der Waals surface area contributed by atoms with Crippen LogP contribution in [0.5, 0.6) is 0 Å². The van der Waals surface area contributed by atoms with Crippen LogP contribution in [0, 0.1) is 11.8 Å². The molecule has 7 heteroatoms. The highest BCUT2D eigenvalue weighted by Crippen LogP contribution is 2.27. The summed E-state index contributed by atoms with van der Waals surface area (Å²) >= 11 is 0. The summed E-state index contributed by atoms with van der Waals surface area (Å²) in [5.74, 6) is 0.470. The van der Waals surface area contributed by atoms with Crippen LogP contribution in [0.15, 0.2) is 53.4 Å². The zero-order valence-electron chi connectivity index (χ0n) is 17.4. The van der Waals surface area contributed by atoms with Gasteiger partial charge >= 0.3 is 0 Å². The van der Waals surface area contributed by atoms with E-state index in [0.29, 0.717) is 36.2 Å². The van der Waals surface area contributed by atoms with Gasteiger partial charge in [0.1, 0.15) is 0 Å². The molecule has 2 atom stereocenters. The van der Waals surface area contributed by atoms with E-state index in [4.69, 9.17) is 0 Å². The number of nitrogens with zero attached hydrogens (tertiary/aromatic N) is 2. The van der Waals surface area contributed by atoms with Gasteiger partial charge in [-0.15, -0.1) is 0 Å². The lowest BCUT2D eigenvalue weighted by Gasteiger charge is -2.34. The van der Waals surface area contributed by atoms with Gasteiger partial charge in [0.15, 0.2) is 0 Å². The number of nitrogens with one attached hydrogen (secondary N) is 1. The second kappa shape index (κ2) is 8.55. The van der Waals surface area contributed by atoms with Crippen LogP contribution in [0.3, 0.4) is 0 Å². The van der Waals surface area contributed by atoms with Gasteiger partial charge in [-0.25, -0.2) is 8.42 Å². The van der Waals surface area contributed by atoms with E-state index in [1.807, 2.05) is 37.2 Å². The summed E-state index contributed by atoms with van der Waals surface area (Å²) in [4.78, 5) is 14.7. The summed E-state index contributed by atoms with van der Waals surface area (Å²) in [6.07, 6.45) is 1.05. The molecule has 1 heterocycles. The maximum Gasteiger partial charge on any atom is 0.255 e. The van der Waals surface area contributed by atoms with Crippen LogP contribution in [0.2, 0.25) is 0 Å². The van der Waals surface area contributed by atoms with Gasteiger partial charge in [-0.2, -0.15) is 4.31 Å². The number of hydrogen-bond donors (Lipinski definition) is 1. The molecule has 1 aliphatic heterocycles. The Bertz CT molecular complexity index is 961. The minimum absolute atomic E-state index is 0.233. The number of amides is 1. The third-order valence-electron chi connectivity index (χ3n) is 5.21. The van der Waals surface area contributed by atoms with E-state index in [1.54, 1.807) is 34.6 Å². The maximum atomic E-state index is 13.0. The largest absolute Gasteiger partial charge is 0.378 e. The minimum atomic E-state index is -3.53. The molecular weight excluding hydrogens is 386 g/mol. The Morgan fingerprint density at radius 3 is 2.24 bits per heavy atom. The number of piperidine rings is 1. The molecule has 3 rings (SSSR count).